The maximum Gasteiger partial charge on any atom is 0.238 e. The minimum absolute atomic E-state index is 0.0458. The van der Waals surface area contributed by atoms with Gasteiger partial charge in [0.25, 0.3) is 0 Å². The number of ether oxygens (including phenoxy) is 1. The Balaban J connectivity index is 1.82. The van der Waals surface area contributed by atoms with Crippen LogP contribution in [0.2, 0.25) is 0 Å². The molecule has 0 saturated heterocycles. The van der Waals surface area contributed by atoms with Crippen molar-refractivity contribution in [3.8, 4) is 5.75 Å². The first kappa shape index (κ1) is 16.0. The molecule has 0 aliphatic heterocycles. The number of hydrogen-bond acceptors (Lipinski definition) is 4. The number of aromatic nitrogens is 2. The van der Waals surface area contributed by atoms with Gasteiger partial charge in [0.05, 0.1) is 19.9 Å². The Morgan fingerprint density at radius 3 is 2.68 bits per heavy atom. The SMILES string of the molecule is CCn1cc(CN(C)CC(=O)Nc2ccc(OC)cc2)cn1. The molecule has 22 heavy (non-hydrogen) atoms. The maximum absolute atomic E-state index is 12.0. The Morgan fingerprint density at radius 2 is 2.09 bits per heavy atom. The monoisotopic (exact) mass is 302 g/mol. The van der Waals surface area contributed by atoms with E-state index in [1.54, 1.807) is 7.11 Å². The van der Waals surface area contributed by atoms with Gasteiger partial charge in [0.2, 0.25) is 5.91 Å². The third-order valence-electron chi connectivity index (χ3n) is 3.25. The lowest BCUT2D eigenvalue weighted by molar-refractivity contribution is -0.117. The van der Waals surface area contributed by atoms with Crippen molar-refractivity contribution < 1.29 is 9.53 Å². The number of amides is 1. The highest BCUT2D eigenvalue weighted by atomic mass is 16.5. The lowest BCUT2D eigenvalue weighted by Crippen LogP contribution is -2.29. The van der Waals surface area contributed by atoms with E-state index < -0.39 is 0 Å². The Morgan fingerprint density at radius 1 is 1.36 bits per heavy atom. The van der Waals surface area contributed by atoms with Gasteiger partial charge >= 0.3 is 0 Å². The first-order valence-electron chi connectivity index (χ1n) is 7.24. The fourth-order valence-corrected chi connectivity index (χ4v) is 2.15. The third kappa shape index (κ3) is 4.60. The largest absolute Gasteiger partial charge is 0.497 e. The summed E-state index contributed by atoms with van der Waals surface area (Å²) in [6, 6.07) is 7.28. The summed E-state index contributed by atoms with van der Waals surface area (Å²) in [7, 11) is 3.53. The number of methoxy groups -OCH3 is 1. The van der Waals surface area contributed by atoms with E-state index in [1.165, 1.54) is 0 Å². The number of likely N-dealkylation sites (N-methyl/N-ethyl adjacent to an activating group) is 1. The fraction of sp³-hybridized carbons (Fsp3) is 0.375. The normalized spacial score (nSPS) is 10.7. The van der Waals surface area contributed by atoms with Crippen molar-refractivity contribution in [2.75, 3.05) is 26.0 Å². The third-order valence-corrected chi connectivity index (χ3v) is 3.25. The number of aryl methyl sites for hydroxylation is 1. The van der Waals surface area contributed by atoms with E-state index in [0.29, 0.717) is 13.1 Å². The highest BCUT2D eigenvalue weighted by Gasteiger charge is 2.09. The molecule has 0 bridgehead atoms. The molecule has 0 aliphatic rings. The Bertz CT molecular complexity index is 607. The van der Waals surface area contributed by atoms with Crippen molar-refractivity contribution in [1.29, 1.82) is 0 Å². The quantitative estimate of drug-likeness (QED) is 0.849. The highest BCUT2D eigenvalue weighted by Crippen LogP contribution is 2.14. The number of carbonyl (C=O) groups is 1. The summed E-state index contributed by atoms with van der Waals surface area (Å²) in [5.74, 6) is 0.721. The Kier molecular flexibility index (Phi) is 5.55. The molecular formula is C16H22N4O2. The van der Waals surface area contributed by atoms with Crippen LogP contribution in [0, 0.1) is 0 Å². The predicted octanol–water partition coefficient (Wildman–Crippen LogP) is 1.98. The van der Waals surface area contributed by atoms with E-state index >= 15 is 0 Å². The zero-order valence-corrected chi connectivity index (χ0v) is 13.2. The molecule has 6 heteroatoms. The zero-order chi connectivity index (χ0) is 15.9. The molecule has 0 fully saturated rings. The first-order chi connectivity index (χ1) is 10.6. The molecule has 0 atom stereocenters. The van der Waals surface area contributed by atoms with E-state index in [0.717, 1.165) is 23.5 Å². The molecule has 2 rings (SSSR count). The second-order valence-corrected chi connectivity index (χ2v) is 5.15. The number of anilines is 1. The van der Waals surface area contributed by atoms with E-state index in [9.17, 15) is 4.79 Å². The van der Waals surface area contributed by atoms with Crippen LogP contribution < -0.4 is 10.1 Å². The van der Waals surface area contributed by atoms with Crippen LogP contribution >= 0.6 is 0 Å². The molecule has 0 radical (unpaired) electrons. The molecule has 0 unspecified atom stereocenters. The fourth-order valence-electron chi connectivity index (χ4n) is 2.15. The van der Waals surface area contributed by atoms with Gasteiger partial charge in [-0.05, 0) is 38.2 Å². The van der Waals surface area contributed by atoms with Crippen LogP contribution in [0.15, 0.2) is 36.7 Å². The van der Waals surface area contributed by atoms with Gasteiger partial charge in [-0.25, -0.2) is 0 Å². The van der Waals surface area contributed by atoms with Crippen molar-refractivity contribution >= 4 is 11.6 Å². The second kappa shape index (κ2) is 7.61. The number of nitrogens with one attached hydrogen (secondary N) is 1. The highest BCUT2D eigenvalue weighted by molar-refractivity contribution is 5.92. The predicted molar refractivity (Wildman–Crippen MR) is 85.9 cm³/mol. The Labute approximate surface area is 130 Å². The average Bonchev–Trinajstić information content (AvgIpc) is 2.95. The van der Waals surface area contributed by atoms with E-state index in [1.807, 2.05) is 60.2 Å². The van der Waals surface area contributed by atoms with Crippen LogP contribution in [0.4, 0.5) is 5.69 Å². The first-order valence-corrected chi connectivity index (χ1v) is 7.24. The summed E-state index contributed by atoms with van der Waals surface area (Å²) in [5, 5.41) is 7.10. The number of benzene rings is 1. The van der Waals surface area contributed by atoms with E-state index in [-0.39, 0.29) is 5.91 Å². The minimum atomic E-state index is -0.0458. The summed E-state index contributed by atoms with van der Waals surface area (Å²) in [5.41, 5.74) is 1.86. The van der Waals surface area contributed by atoms with Gasteiger partial charge in [-0.3, -0.25) is 14.4 Å². The molecule has 0 spiro atoms. The zero-order valence-electron chi connectivity index (χ0n) is 13.2. The number of nitrogens with zero attached hydrogens (tertiary/aromatic N) is 3. The minimum Gasteiger partial charge on any atom is -0.497 e. The molecule has 6 nitrogen and oxygen atoms in total. The van der Waals surface area contributed by atoms with Gasteiger partial charge in [-0.15, -0.1) is 0 Å². The number of carbonyl (C=O) groups excluding carboxylic acids is 1. The molecule has 118 valence electrons. The van der Waals surface area contributed by atoms with Gasteiger partial charge in [0.1, 0.15) is 5.75 Å². The molecule has 1 N–H and O–H groups in total. The summed E-state index contributed by atoms with van der Waals surface area (Å²) in [4.78, 5) is 14.0. The molecule has 1 amide bonds. The van der Waals surface area contributed by atoms with Crippen molar-refractivity contribution in [2.24, 2.45) is 0 Å². The van der Waals surface area contributed by atoms with Crippen LogP contribution in [-0.4, -0.2) is 41.3 Å². The van der Waals surface area contributed by atoms with Crippen molar-refractivity contribution in [3.63, 3.8) is 0 Å². The standard InChI is InChI=1S/C16H22N4O2/c1-4-20-11-13(9-17-20)10-19(2)12-16(21)18-14-5-7-15(22-3)8-6-14/h5-9,11H,4,10,12H2,1-3H3,(H,18,21). The lowest BCUT2D eigenvalue weighted by Gasteiger charge is -2.15. The summed E-state index contributed by atoms with van der Waals surface area (Å²) in [6.07, 6.45) is 3.83. The summed E-state index contributed by atoms with van der Waals surface area (Å²) >= 11 is 0. The van der Waals surface area contributed by atoms with Crippen molar-refractivity contribution in [2.45, 2.75) is 20.0 Å². The second-order valence-electron chi connectivity index (χ2n) is 5.15. The van der Waals surface area contributed by atoms with Crippen LogP contribution in [0.5, 0.6) is 5.75 Å². The number of rotatable bonds is 7. The molecule has 2 aromatic rings. The van der Waals surface area contributed by atoms with Crippen LogP contribution in [0.3, 0.4) is 0 Å². The van der Waals surface area contributed by atoms with Gasteiger partial charge < -0.3 is 10.1 Å². The van der Waals surface area contributed by atoms with E-state index in [2.05, 4.69) is 10.4 Å². The van der Waals surface area contributed by atoms with Crippen LogP contribution in [0.1, 0.15) is 12.5 Å². The smallest absolute Gasteiger partial charge is 0.238 e. The molecule has 1 heterocycles. The molecule has 1 aromatic heterocycles. The van der Waals surface area contributed by atoms with Gasteiger partial charge in [0.15, 0.2) is 0 Å². The van der Waals surface area contributed by atoms with Crippen LogP contribution in [0.25, 0.3) is 0 Å². The van der Waals surface area contributed by atoms with Crippen molar-refractivity contribution in [1.82, 2.24) is 14.7 Å². The van der Waals surface area contributed by atoms with Gasteiger partial charge in [-0.1, -0.05) is 0 Å². The number of hydrogen-bond donors (Lipinski definition) is 1. The van der Waals surface area contributed by atoms with Gasteiger partial charge in [-0.2, -0.15) is 5.10 Å². The topological polar surface area (TPSA) is 59.4 Å². The maximum atomic E-state index is 12.0. The summed E-state index contributed by atoms with van der Waals surface area (Å²) in [6.45, 7) is 3.91. The lowest BCUT2D eigenvalue weighted by atomic mass is 10.3. The van der Waals surface area contributed by atoms with Gasteiger partial charge in [0, 0.05) is 30.5 Å². The molecular weight excluding hydrogens is 280 g/mol. The summed E-state index contributed by atoms with van der Waals surface area (Å²) < 4.78 is 6.96. The average molecular weight is 302 g/mol. The van der Waals surface area contributed by atoms with Crippen molar-refractivity contribution in [3.05, 3.63) is 42.2 Å². The molecule has 1 aromatic carbocycles. The molecule has 0 aliphatic carbocycles. The molecule has 0 saturated carbocycles. The van der Waals surface area contributed by atoms with E-state index in [4.69, 9.17) is 4.74 Å². The Hall–Kier alpha value is -2.34. The van der Waals surface area contributed by atoms with Crippen LogP contribution in [-0.2, 0) is 17.9 Å².